The molecule has 1 saturated heterocycles. The van der Waals surface area contributed by atoms with Gasteiger partial charge < -0.3 is 9.80 Å². The van der Waals surface area contributed by atoms with Gasteiger partial charge in [-0.3, -0.25) is 14.5 Å². The van der Waals surface area contributed by atoms with Crippen LogP contribution in [0.1, 0.15) is 51.3 Å². The Morgan fingerprint density at radius 1 is 1.06 bits per heavy atom. The van der Waals surface area contributed by atoms with Crippen molar-refractivity contribution in [2.24, 2.45) is 0 Å². The van der Waals surface area contributed by atoms with Gasteiger partial charge in [0.25, 0.3) is 5.91 Å². The summed E-state index contributed by atoms with van der Waals surface area (Å²) in [4.78, 5) is 33.6. The Morgan fingerprint density at radius 2 is 1.86 bits per heavy atom. The number of thiophene rings is 1. The standard InChI is InChI=1S/C29H32FN3O2S/c1-20-6-8-22(9-7-20)29(35)33-16-15-32(19-21(33)2)27(34)11-14-31-13-10-26-25(12-17-36-26)28(31)23-4-3-5-24(30)18-23/h3-9,12,17-18,21,28H,10-11,13-16,19H2,1-2H3/t21-,28-/m0/s1. The van der Waals surface area contributed by atoms with Crippen LogP contribution in [0.15, 0.2) is 60.0 Å². The molecule has 1 fully saturated rings. The highest BCUT2D eigenvalue weighted by Gasteiger charge is 2.33. The van der Waals surface area contributed by atoms with Gasteiger partial charge in [0, 0.05) is 55.6 Å². The van der Waals surface area contributed by atoms with Gasteiger partial charge in [0.15, 0.2) is 0 Å². The van der Waals surface area contributed by atoms with Crippen molar-refractivity contribution in [1.82, 2.24) is 14.7 Å². The lowest BCUT2D eigenvalue weighted by atomic mass is 9.93. The average Bonchev–Trinajstić information content (AvgIpc) is 3.36. The summed E-state index contributed by atoms with van der Waals surface area (Å²) in [5.74, 6) is -0.108. The van der Waals surface area contributed by atoms with E-state index in [1.807, 2.05) is 54.0 Å². The number of rotatable bonds is 5. The van der Waals surface area contributed by atoms with Crippen LogP contribution in [0.25, 0.3) is 0 Å². The van der Waals surface area contributed by atoms with E-state index in [4.69, 9.17) is 0 Å². The molecule has 3 aromatic rings. The van der Waals surface area contributed by atoms with Crippen molar-refractivity contribution in [3.63, 3.8) is 0 Å². The van der Waals surface area contributed by atoms with Crippen molar-refractivity contribution in [1.29, 1.82) is 0 Å². The van der Waals surface area contributed by atoms with E-state index in [9.17, 15) is 14.0 Å². The van der Waals surface area contributed by atoms with E-state index in [1.54, 1.807) is 23.5 Å². The number of benzene rings is 2. The monoisotopic (exact) mass is 505 g/mol. The smallest absolute Gasteiger partial charge is 0.254 e. The number of piperazine rings is 1. The fourth-order valence-electron chi connectivity index (χ4n) is 5.42. The van der Waals surface area contributed by atoms with Crippen molar-refractivity contribution in [3.8, 4) is 0 Å². The third-order valence-electron chi connectivity index (χ3n) is 7.38. The number of nitrogens with zero attached hydrogens (tertiary/aromatic N) is 3. The van der Waals surface area contributed by atoms with Gasteiger partial charge in [-0.1, -0.05) is 29.8 Å². The molecular formula is C29H32FN3O2S. The van der Waals surface area contributed by atoms with Gasteiger partial charge in [0.2, 0.25) is 5.91 Å². The molecule has 36 heavy (non-hydrogen) atoms. The van der Waals surface area contributed by atoms with Crippen LogP contribution >= 0.6 is 11.3 Å². The molecule has 2 aromatic carbocycles. The Hall–Kier alpha value is -3.03. The molecular weight excluding hydrogens is 473 g/mol. The number of carbonyl (C=O) groups is 2. The first-order chi connectivity index (χ1) is 17.4. The molecule has 2 aliphatic heterocycles. The summed E-state index contributed by atoms with van der Waals surface area (Å²) in [6, 6.07) is 16.5. The minimum atomic E-state index is -0.238. The van der Waals surface area contributed by atoms with E-state index in [2.05, 4.69) is 16.3 Å². The van der Waals surface area contributed by atoms with E-state index in [1.165, 1.54) is 16.5 Å². The zero-order chi connectivity index (χ0) is 25.2. The molecule has 0 aliphatic carbocycles. The first-order valence-corrected chi connectivity index (χ1v) is 13.5. The lowest BCUT2D eigenvalue weighted by Crippen LogP contribution is -2.55. The fraction of sp³-hybridized carbons (Fsp3) is 0.379. The minimum Gasteiger partial charge on any atom is -0.339 e. The Bertz CT molecular complexity index is 1240. The van der Waals surface area contributed by atoms with Crippen LogP contribution in [-0.4, -0.2) is 65.3 Å². The number of amides is 2. The predicted octanol–water partition coefficient (Wildman–Crippen LogP) is 4.91. The van der Waals surface area contributed by atoms with E-state index in [0.29, 0.717) is 38.2 Å². The third kappa shape index (κ3) is 5.08. The number of hydrogen-bond acceptors (Lipinski definition) is 4. The Labute approximate surface area is 216 Å². The topological polar surface area (TPSA) is 43.9 Å². The number of fused-ring (bicyclic) bond motifs is 1. The lowest BCUT2D eigenvalue weighted by Gasteiger charge is -2.41. The van der Waals surface area contributed by atoms with Crippen LogP contribution in [-0.2, 0) is 11.2 Å². The highest BCUT2D eigenvalue weighted by atomic mass is 32.1. The quantitative estimate of drug-likeness (QED) is 0.495. The average molecular weight is 506 g/mol. The fourth-order valence-corrected chi connectivity index (χ4v) is 6.33. The first kappa shape index (κ1) is 24.7. The Kier molecular flexibility index (Phi) is 7.21. The molecule has 1 aromatic heterocycles. The number of aryl methyl sites for hydroxylation is 1. The molecule has 2 atom stereocenters. The molecule has 0 spiro atoms. The SMILES string of the molecule is Cc1ccc(C(=O)N2CCN(C(=O)CCN3CCc4sccc4[C@@H]3c3cccc(F)c3)C[C@@H]2C)cc1. The van der Waals surface area contributed by atoms with Crippen molar-refractivity contribution >= 4 is 23.2 Å². The lowest BCUT2D eigenvalue weighted by molar-refractivity contribution is -0.134. The molecule has 0 saturated carbocycles. The molecule has 2 amide bonds. The molecule has 0 bridgehead atoms. The third-order valence-corrected chi connectivity index (χ3v) is 8.38. The second-order valence-electron chi connectivity index (χ2n) is 9.85. The number of halogens is 1. The molecule has 0 radical (unpaired) electrons. The van der Waals surface area contributed by atoms with Crippen molar-refractivity contribution in [3.05, 3.63) is 92.9 Å². The predicted molar refractivity (Wildman–Crippen MR) is 141 cm³/mol. The summed E-state index contributed by atoms with van der Waals surface area (Å²) in [7, 11) is 0. The maximum absolute atomic E-state index is 14.1. The molecule has 5 rings (SSSR count). The summed E-state index contributed by atoms with van der Waals surface area (Å²) in [5.41, 5.74) is 3.96. The molecule has 2 aliphatic rings. The molecule has 188 valence electrons. The van der Waals surface area contributed by atoms with Crippen molar-refractivity contribution in [2.75, 3.05) is 32.7 Å². The van der Waals surface area contributed by atoms with Crippen LogP contribution in [0.2, 0.25) is 0 Å². The highest BCUT2D eigenvalue weighted by molar-refractivity contribution is 7.10. The molecule has 3 heterocycles. The summed E-state index contributed by atoms with van der Waals surface area (Å²) in [6.07, 6.45) is 1.35. The summed E-state index contributed by atoms with van der Waals surface area (Å²) >= 11 is 1.75. The van der Waals surface area contributed by atoms with Gasteiger partial charge in [0.1, 0.15) is 5.82 Å². The molecule has 0 N–H and O–H groups in total. The highest BCUT2D eigenvalue weighted by Crippen LogP contribution is 2.38. The van der Waals surface area contributed by atoms with Gasteiger partial charge in [0.05, 0.1) is 6.04 Å². The normalized spacial score (nSPS) is 20.3. The minimum absolute atomic E-state index is 0.0208. The van der Waals surface area contributed by atoms with Crippen LogP contribution in [0.4, 0.5) is 4.39 Å². The van der Waals surface area contributed by atoms with Gasteiger partial charge in [-0.25, -0.2) is 4.39 Å². The maximum atomic E-state index is 14.1. The number of hydrogen-bond donors (Lipinski definition) is 0. The first-order valence-electron chi connectivity index (χ1n) is 12.6. The zero-order valence-corrected chi connectivity index (χ0v) is 21.6. The molecule has 7 heteroatoms. The van der Waals surface area contributed by atoms with Gasteiger partial charge in [-0.15, -0.1) is 11.3 Å². The van der Waals surface area contributed by atoms with Crippen molar-refractivity contribution < 1.29 is 14.0 Å². The van der Waals surface area contributed by atoms with Gasteiger partial charge in [-0.2, -0.15) is 0 Å². The van der Waals surface area contributed by atoms with E-state index < -0.39 is 0 Å². The Balaban J connectivity index is 1.22. The van der Waals surface area contributed by atoms with Crippen LogP contribution < -0.4 is 0 Å². The maximum Gasteiger partial charge on any atom is 0.254 e. The molecule has 5 nitrogen and oxygen atoms in total. The second kappa shape index (κ2) is 10.5. The zero-order valence-electron chi connectivity index (χ0n) is 20.8. The second-order valence-corrected chi connectivity index (χ2v) is 10.8. The van der Waals surface area contributed by atoms with E-state index in [0.717, 1.165) is 24.1 Å². The largest absolute Gasteiger partial charge is 0.339 e. The van der Waals surface area contributed by atoms with E-state index >= 15 is 0 Å². The Morgan fingerprint density at radius 3 is 2.61 bits per heavy atom. The summed E-state index contributed by atoms with van der Waals surface area (Å²) in [6.45, 7) is 7.09. The van der Waals surface area contributed by atoms with Gasteiger partial charge in [-0.05, 0) is 67.1 Å². The number of carbonyl (C=O) groups excluding carboxylic acids is 2. The molecule has 0 unspecified atom stereocenters. The van der Waals surface area contributed by atoms with E-state index in [-0.39, 0.29) is 29.7 Å². The summed E-state index contributed by atoms with van der Waals surface area (Å²) in [5, 5.41) is 2.10. The van der Waals surface area contributed by atoms with Crippen molar-refractivity contribution in [2.45, 2.75) is 38.8 Å². The van der Waals surface area contributed by atoms with Gasteiger partial charge >= 0.3 is 0 Å². The van der Waals surface area contributed by atoms with Crippen LogP contribution in [0, 0.1) is 12.7 Å². The van der Waals surface area contributed by atoms with Crippen LogP contribution in [0.5, 0.6) is 0 Å². The summed E-state index contributed by atoms with van der Waals surface area (Å²) < 4.78 is 14.1. The van der Waals surface area contributed by atoms with Crippen LogP contribution in [0.3, 0.4) is 0 Å².